The molecular formula is C9H16N2O3. The molecule has 1 rings (SSSR count). The van der Waals surface area contributed by atoms with Crippen molar-refractivity contribution in [3.63, 3.8) is 0 Å². The molecule has 0 aromatic carbocycles. The molecule has 0 bridgehead atoms. The molecule has 5 nitrogen and oxygen atoms in total. The van der Waals surface area contributed by atoms with E-state index in [9.17, 15) is 9.59 Å². The van der Waals surface area contributed by atoms with Gasteiger partial charge in [-0.15, -0.1) is 0 Å². The monoisotopic (exact) mass is 200 g/mol. The van der Waals surface area contributed by atoms with E-state index in [4.69, 9.17) is 4.74 Å². The lowest BCUT2D eigenvalue weighted by atomic mass is 10.2. The summed E-state index contributed by atoms with van der Waals surface area (Å²) in [6.07, 6.45) is 1.17. The second-order valence-electron chi connectivity index (χ2n) is 3.38. The van der Waals surface area contributed by atoms with Gasteiger partial charge in [-0.1, -0.05) is 0 Å². The average molecular weight is 200 g/mol. The Morgan fingerprint density at radius 1 is 1.43 bits per heavy atom. The van der Waals surface area contributed by atoms with Crippen molar-refractivity contribution in [2.45, 2.75) is 32.0 Å². The van der Waals surface area contributed by atoms with Crippen molar-refractivity contribution in [1.82, 2.24) is 10.6 Å². The molecule has 0 aromatic heterocycles. The summed E-state index contributed by atoms with van der Waals surface area (Å²) in [6.45, 7) is 1.95. The van der Waals surface area contributed by atoms with Crippen LogP contribution in [0.1, 0.15) is 19.8 Å². The van der Waals surface area contributed by atoms with Crippen molar-refractivity contribution in [1.29, 1.82) is 0 Å². The Hall–Kier alpha value is -1.10. The predicted molar refractivity (Wildman–Crippen MR) is 50.6 cm³/mol. The van der Waals surface area contributed by atoms with Crippen molar-refractivity contribution in [3.8, 4) is 0 Å². The predicted octanol–water partition coefficient (Wildman–Crippen LogP) is -0.584. The normalized spacial score (nSPS) is 25.9. The largest absolute Gasteiger partial charge is 0.363 e. The molecule has 0 aromatic rings. The third-order valence-electron chi connectivity index (χ3n) is 2.23. The van der Waals surface area contributed by atoms with Crippen LogP contribution in [0.3, 0.4) is 0 Å². The number of carbonyl (C=O) groups is 2. The Morgan fingerprint density at radius 3 is 2.71 bits per heavy atom. The molecule has 1 fully saturated rings. The van der Waals surface area contributed by atoms with Crippen molar-refractivity contribution >= 4 is 11.8 Å². The molecule has 1 heterocycles. The van der Waals surface area contributed by atoms with E-state index in [2.05, 4.69) is 10.6 Å². The fraction of sp³-hybridized carbons (Fsp3) is 0.778. The summed E-state index contributed by atoms with van der Waals surface area (Å²) < 4.78 is 5.44. The molecule has 2 N–H and O–H groups in total. The van der Waals surface area contributed by atoms with Crippen LogP contribution in [0, 0.1) is 0 Å². The fourth-order valence-corrected chi connectivity index (χ4v) is 1.47. The molecule has 14 heavy (non-hydrogen) atoms. The molecule has 0 aliphatic carbocycles. The summed E-state index contributed by atoms with van der Waals surface area (Å²) in [7, 11) is 1.59. The van der Waals surface area contributed by atoms with Gasteiger partial charge in [0, 0.05) is 20.5 Å². The number of nitrogens with one attached hydrogen (secondary N) is 2. The number of likely N-dealkylation sites (N-methyl/N-ethyl adjacent to an activating group) is 1. The Balaban J connectivity index is 2.27. The maximum absolute atomic E-state index is 11.2. The van der Waals surface area contributed by atoms with E-state index in [0.29, 0.717) is 6.54 Å². The van der Waals surface area contributed by atoms with Crippen molar-refractivity contribution < 1.29 is 14.3 Å². The topological polar surface area (TPSA) is 67.4 Å². The van der Waals surface area contributed by atoms with Crippen LogP contribution in [0.15, 0.2) is 0 Å². The lowest BCUT2D eigenvalue weighted by Gasteiger charge is -2.12. The molecule has 2 unspecified atom stereocenters. The molecule has 0 radical (unpaired) electrons. The number of carbonyl (C=O) groups excluding carboxylic acids is 2. The van der Waals surface area contributed by atoms with Crippen LogP contribution in [0.4, 0.5) is 0 Å². The standard InChI is InChI=1S/C9H16N2O3/c1-6(12)11-5-7-3-4-8(14-7)9(13)10-2/h7-8H,3-5H2,1-2H3,(H,10,13)(H,11,12). The Kier molecular flexibility index (Phi) is 3.88. The SMILES string of the molecule is CNC(=O)C1CCC(CNC(C)=O)O1. The minimum Gasteiger partial charge on any atom is -0.363 e. The molecule has 2 atom stereocenters. The average Bonchev–Trinajstić information content (AvgIpc) is 2.62. The number of amides is 2. The molecule has 2 amide bonds. The number of hydrogen-bond donors (Lipinski definition) is 2. The van der Waals surface area contributed by atoms with Gasteiger partial charge >= 0.3 is 0 Å². The van der Waals surface area contributed by atoms with Gasteiger partial charge in [-0.05, 0) is 12.8 Å². The third-order valence-corrected chi connectivity index (χ3v) is 2.23. The highest BCUT2D eigenvalue weighted by Gasteiger charge is 2.29. The number of rotatable bonds is 3. The minimum atomic E-state index is -0.348. The zero-order chi connectivity index (χ0) is 10.6. The Bertz CT molecular complexity index is 230. The van der Waals surface area contributed by atoms with E-state index in [1.165, 1.54) is 6.92 Å². The van der Waals surface area contributed by atoms with Gasteiger partial charge in [0.1, 0.15) is 6.10 Å². The highest BCUT2D eigenvalue weighted by Crippen LogP contribution is 2.18. The molecular weight excluding hydrogens is 184 g/mol. The summed E-state index contributed by atoms with van der Waals surface area (Å²) in [5.41, 5.74) is 0. The lowest BCUT2D eigenvalue weighted by molar-refractivity contribution is -0.131. The van der Waals surface area contributed by atoms with Gasteiger partial charge in [0.2, 0.25) is 11.8 Å². The number of ether oxygens (including phenoxy) is 1. The third kappa shape index (κ3) is 2.99. The number of hydrogen-bond acceptors (Lipinski definition) is 3. The van der Waals surface area contributed by atoms with Gasteiger partial charge in [0.05, 0.1) is 6.10 Å². The van der Waals surface area contributed by atoms with Gasteiger partial charge in [-0.3, -0.25) is 9.59 Å². The van der Waals surface area contributed by atoms with Gasteiger partial charge < -0.3 is 15.4 Å². The van der Waals surface area contributed by atoms with Crippen molar-refractivity contribution in [2.24, 2.45) is 0 Å². The summed E-state index contributed by atoms with van der Waals surface area (Å²) in [6, 6.07) is 0. The van der Waals surface area contributed by atoms with Crippen LogP contribution >= 0.6 is 0 Å². The molecule has 1 aliphatic rings. The van der Waals surface area contributed by atoms with Crippen LogP contribution in [-0.4, -0.2) is 37.6 Å². The van der Waals surface area contributed by atoms with Crippen LogP contribution in [0.2, 0.25) is 0 Å². The van der Waals surface area contributed by atoms with E-state index < -0.39 is 0 Å². The fourth-order valence-electron chi connectivity index (χ4n) is 1.47. The summed E-state index contributed by atoms with van der Waals surface area (Å²) in [5.74, 6) is -0.160. The molecule has 5 heteroatoms. The van der Waals surface area contributed by atoms with Crippen LogP contribution < -0.4 is 10.6 Å². The Morgan fingerprint density at radius 2 is 2.14 bits per heavy atom. The lowest BCUT2D eigenvalue weighted by Crippen LogP contribution is -2.34. The summed E-state index contributed by atoms with van der Waals surface area (Å²) in [5, 5.41) is 5.21. The van der Waals surface area contributed by atoms with Gasteiger partial charge in [0.25, 0.3) is 0 Å². The second-order valence-corrected chi connectivity index (χ2v) is 3.38. The zero-order valence-corrected chi connectivity index (χ0v) is 8.50. The van der Waals surface area contributed by atoms with E-state index >= 15 is 0 Å². The minimum absolute atomic E-state index is 0.0267. The summed E-state index contributed by atoms with van der Waals surface area (Å²) in [4.78, 5) is 21.8. The van der Waals surface area contributed by atoms with E-state index in [1.807, 2.05) is 0 Å². The van der Waals surface area contributed by atoms with Gasteiger partial charge in [0.15, 0.2) is 0 Å². The quantitative estimate of drug-likeness (QED) is 0.640. The molecule has 0 saturated carbocycles. The highest BCUT2D eigenvalue weighted by atomic mass is 16.5. The van der Waals surface area contributed by atoms with E-state index in [-0.39, 0.29) is 24.0 Å². The van der Waals surface area contributed by atoms with Crippen LogP contribution in [0.5, 0.6) is 0 Å². The molecule has 80 valence electrons. The van der Waals surface area contributed by atoms with Gasteiger partial charge in [-0.2, -0.15) is 0 Å². The zero-order valence-electron chi connectivity index (χ0n) is 8.50. The molecule has 1 aliphatic heterocycles. The van der Waals surface area contributed by atoms with Crippen molar-refractivity contribution in [3.05, 3.63) is 0 Å². The van der Waals surface area contributed by atoms with Crippen molar-refractivity contribution in [2.75, 3.05) is 13.6 Å². The first-order valence-electron chi connectivity index (χ1n) is 4.75. The first-order valence-corrected chi connectivity index (χ1v) is 4.75. The van der Waals surface area contributed by atoms with Gasteiger partial charge in [-0.25, -0.2) is 0 Å². The van der Waals surface area contributed by atoms with E-state index in [0.717, 1.165) is 12.8 Å². The van der Waals surface area contributed by atoms with Crippen LogP contribution in [-0.2, 0) is 14.3 Å². The smallest absolute Gasteiger partial charge is 0.248 e. The first kappa shape index (κ1) is 11.0. The molecule has 1 saturated heterocycles. The van der Waals surface area contributed by atoms with Crippen LogP contribution in [0.25, 0.3) is 0 Å². The Labute approximate surface area is 83.2 Å². The second kappa shape index (κ2) is 4.95. The maximum Gasteiger partial charge on any atom is 0.248 e. The molecule has 0 spiro atoms. The van der Waals surface area contributed by atoms with E-state index in [1.54, 1.807) is 7.05 Å². The maximum atomic E-state index is 11.2. The highest BCUT2D eigenvalue weighted by molar-refractivity contribution is 5.80. The summed E-state index contributed by atoms with van der Waals surface area (Å²) >= 11 is 0. The first-order chi connectivity index (χ1) is 6.63.